The van der Waals surface area contributed by atoms with Gasteiger partial charge in [-0.25, -0.2) is 0 Å². The highest BCUT2D eigenvalue weighted by Crippen LogP contribution is 2.24. The number of hydrogen-bond donors (Lipinski definition) is 0. The van der Waals surface area contributed by atoms with Crippen LogP contribution in [0.2, 0.25) is 0 Å². The molecule has 22 heavy (non-hydrogen) atoms. The van der Waals surface area contributed by atoms with Gasteiger partial charge in [0.25, 0.3) is 0 Å². The molecule has 3 nitrogen and oxygen atoms in total. The number of thiophene rings is 1. The molecule has 0 fully saturated rings. The Hall–Kier alpha value is -1.11. The van der Waals surface area contributed by atoms with Crippen LogP contribution in [0, 0.1) is 0 Å². The summed E-state index contributed by atoms with van der Waals surface area (Å²) in [6.45, 7) is 3.04. The van der Waals surface area contributed by atoms with E-state index in [-0.39, 0.29) is 0 Å². The van der Waals surface area contributed by atoms with Crippen LogP contribution in [-0.2, 0) is 18.7 Å². The lowest BCUT2D eigenvalue weighted by atomic mass is 10.2. The van der Waals surface area contributed by atoms with Crippen LogP contribution in [0.1, 0.15) is 23.2 Å². The summed E-state index contributed by atoms with van der Waals surface area (Å²) in [6, 6.07) is 12.6. The summed E-state index contributed by atoms with van der Waals surface area (Å²) in [5.74, 6) is 1.95. The average Bonchev–Trinajstić information content (AvgIpc) is 3.17. The first-order chi connectivity index (χ1) is 10.8. The Morgan fingerprint density at radius 1 is 1.18 bits per heavy atom. The van der Waals surface area contributed by atoms with Crippen molar-refractivity contribution in [2.24, 2.45) is 0 Å². The molecule has 0 N–H and O–H groups in total. The van der Waals surface area contributed by atoms with Crippen molar-refractivity contribution in [1.82, 2.24) is 14.8 Å². The van der Waals surface area contributed by atoms with Gasteiger partial charge < -0.3 is 4.57 Å². The molecule has 114 valence electrons. The molecule has 0 atom stereocenters. The van der Waals surface area contributed by atoms with Crippen LogP contribution < -0.4 is 0 Å². The Morgan fingerprint density at radius 3 is 2.68 bits per heavy atom. The van der Waals surface area contributed by atoms with Gasteiger partial charge in [0.1, 0.15) is 5.82 Å². The first-order valence-electron chi connectivity index (χ1n) is 7.08. The molecule has 0 aliphatic carbocycles. The molecule has 0 aliphatic heterocycles. The highest BCUT2D eigenvalue weighted by atomic mass is 79.9. The number of hydrogen-bond acceptors (Lipinski definition) is 4. The van der Waals surface area contributed by atoms with Crippen LogP contribution in [0.3, 0.4) is 0 Å². The summed E-state index contributed by atoms with van der Waals surface area (Å²) in [5.41, 5.74) is 1.29. The molecule has 3 aromatic rings. The number of nitrogens with zero attached hydrogens (tertiary/aromatic N) is 3. The molecular formula is C16H16BrN3S2. The minimum atomic E-state index is 0.858. The second-order valence-electron chi connectivity index (χ2n) is 4.81. The number of rotatable bonds is 6. The van der Waals surface area contributed by atoms with Gasteiger partial charge in [0.15, 0.2) is 5.16 Å². The van der Waals surface area contributed by atoms with Crippen molar-refractivity contribution in [3.63, 3.8) is 0 Å². The third kappa shape index (κ3) is 3.80. The maximum absolute atomic E-state index is 4.38. The zero-order chi connectivity index (χ0) is 15.4. The van der Waals surface area contributed by atoms with E-state index in [0.29, 0.717) is 0 Å². The minimum Gasteiger partial charge on any atom is -0.306 e. The lowest BCUT2D eigenvalue weighted by molar-refractivity contribution is 0.652. The molecule has 0 spiro atoms. The van der Waals surface area contributed by atoms with Crippen LogP contribution in [0.25, 0.3) is 0 Å². The fourth-order valence-corrected chi connectivity index (χ4v) is 4.11. The highest BCUT2D eigenvalue weighted by molar-refractivity contribution is 9.10. The summed E-state index contributed by atoms with van der Waals surface area (Å²) in [5, 5.41) is 11.9. The van der Waals surface area contributed by atoms with E-state index >= 15 is 0 Å². The Balaban J connectivity index is 1.71. The Morgan fingerprint density at radius 2 is 2.00 bits per heavy atom. The summed E-state index contributed by atoms with van der Waals surface area (Å²) in [4.78, 5) is 1.33. The van der Waals surface area contributed by atoms with Crippen molar-refractivity contribution < 1.29 is 0 Å². The number of halogens is 1. The summed E-state index contributed by atoms with van der Waals surface area (Å²) >= 11 is 6.97. The molecule has 2 heterocycles. The Labute approximate surface area is 146 Å². The summed E-state index contributed by atoms with van der Waals surface area (Å²) in [6.07, 6.45) is 0.858. The lowest BCUT2D eigenvalue weighted by Gasteiger charge is -2.06. The van der Waals surface area contributed by atoms with Crippen molar-refractivity contribution >= 4 is 39.0 Å². The zero-order valence-corrected chi connectivity index (χ0v) is 15.4. The van der Waals surface area contributed by atoms with Crippen LogP contribution in [0.15, 0.2) is 51.4 Å². The molecule has 0 amide bonds. The second-order valence-corrected chi connectivity index (χ2v) is 7.70. The molecule has 0 aliphatic rings. The van der Waals surface area contributed by atoms with E-state index in [4.69, 9.17) is 0 Å². The van der Waals surface area contributed by atoms with Gasteiger partial charge in [0.2, 0.25) is 0 Å². The first kappa shape index (κ1) is 15.8. The smallest absolute Gasteiger partial charge is 0.191 e. The topological polar surface area (TPSA) is 30.7 Å². The molecule has 0 saturated carbocycles. The Bertz CT molecular complexity index is 720. The Kier molecular flexibility index (Phi) is 5.33. The largest absolute Gasteiger partial charge is 0.306 e. The van der Waals surface area contributed by atoms with Gasteiger partial charge >= 0.3 is 0 Å². The molecule has 0 unspecified atom stereocenters. The van der Waals surface area contributed by atoms with Gasteiger partial charge in [-0.3, -0.25) is 0 Å². The monoisotopic (exact) mass is 393 g/mol. The molecule has 2 aromatic heterocycles. The quantitative estimate of drug-likeness (QED) is 0.551. The van der Waals surface area contributed by atoms with Gasteiger partial charge in [-0.1, -0.05) is 45.9 Å². The van der Waals surface area contributed by atoms with Gasteiger partial charge in [-0.15, -0.1) is 21.5 Å². The second kappa shape index (κ2) is 7.44. The van der Waals surface area contributed by atoms with Crippen molar-refractivity contribution in [3.8, 4) is 0 Å². The highest BCUT2D eigenvalue weighted by Gasteiger charge is 2.12. The third-order valence-electron chi connectivity index (χ3n) is 3.30. The molecule has 0 bridgehead atoms. The van der Waals surface area contributed by atoms with Crippen molar-refractivity contribution in [2.45, 2.75) is 30.8 Å². The SMILES string of the molecule is CCn1c(Cc2cccs2)nnc1SCc1ccc(Br)cc1. The number of benzene rings is 1. The summed E-state index contributed by atoms with van der Waals surface area (Å²) in [7, 11) is 0. The fourth-order valence-electron chi connectivity index (χ4n) is 2.17. The molecule has 0 saturated heterocycles. The van der Waals surface area contributed by atoms with Crippen LogP contribution >= 0.6 is 39.0 Å². The first-order valence-corrected chi connectivity index (χ1v) is 9.73. The van der Waals surface area contributed by atoms with E-state index in [9.17, 15) is 0 Å². The van der Waals surface area contributed by atoms with Crippen molar-refractivity contribution in [1.29, 1.82) is 0 Å². The van der Waals surface area contributed by atoms with Gasteiger partial charge in [-0.05, 0) is 36.1 Å². The van der Waals surface area contributed by atoms with E-state index in [0.717, 1.165) is 34.2 Å². The molecule has 6 heteroatoms. The van der Waals surface area contributed by atoms with Crippen LogP contribution in [-0.4, -0.2) is 14.8 Å². The normalized spacial score (nSPS) is 11.0. The fraction of sp³-hybridized carbons (Fsp3) is 0.250. The predicted molar refractivity (Wildman–Crippen MR) is 96.5 cm³/mol. The van der Waals surface area contributed by atoms with E-state index < -0.39 is 0 Å². The maximum atomic E-state index is 4.38. The van der Waals surface area contributed by atoms with Gasteiger partial charge in [-0.2, -0.15) is 0 Å². The number of aromatic nitrogens is 3. The van der Waals surface area contributed by atoms with Gasteiger partial charge in [0, 0.05) is 28.1 Å². The maximum Gasteiger partial charge on any atom is 0.191 e. The van der Waals surface area contributed by atoms with Crippen molar-refractivity contribution in [3.05, 3.63) is 62.5 Å². The zero-order valence-electron chi connectivity index (χ0n) is 12.2. The summed E-state index contributed by atoms with van der Waals surface area (Å²) < 4.78 is 3.32. The van der Waals surface area contributed by atoms with E-state index in [1.165, 1.54) is 10.4 Å². The molecular weight excluding hydrogens is 378 g/mol. The molecule has 1 aromatic carbocycles. The third-order valence-corrected chi connectivity index (χ3v) is 5.75. The van der Waals surface area contributed by atoms with Crippen LogP contribution in [0.5, 0.6) is 0 Å². The van der Waals surface area contributed by atoms with E-state index in [1.807, 2.05) is 0 Å². The average molecular weight is 394 g/mol. The minimum absolute atomic E-state index is 0.858. The van der Waals surface area contributed by atoms with E-state index in [1.54, 1.807) is 23.1 Å². The molecule has 0 radical (unpaired) electrons. The standard InChI is InChI=1S/C16H16BrN3S2/c1-2-20-15(10-14-4-3-9-21-14)18-19-16(20)22-11-12-5-7-13(17)8-6-12/h3-9H,2,10-11H2,1H3. The van der Waals surface area contributed by atoms with Crippen molar-refractivity contribution in [2.75, 3.05) is 0 Å². The van der Waals surface area contributed by atoms with Crippen LogP contribution in [0.4, 0.5) is 0 Å². The van der Waals surface area contributed by atoms with Gasteiger partial charge in [0.05, 0.1) is 0 Å². The number of thioether (sulfide) groups is 1. The van der Waals surface area contributed by atoms with E-state index in [2.05, 4.69) is 79.4 Å². The predicted octanol–water partition coefficient (Wildman–Crippen LogP) is 5.01. The molecule has 3 rings (SSSR count). The lowest BCUT2D eigenvalue weighted by Crippen LogP contribution is -2.03.